The molecule has 120 valence electrons. The molecule has 8 heteroatoms. The van der Waals surface area contributed by atoms with E-state index in [1.807, 2.05) is 35.0 Å². The van der Waals surface area contributed by atoms with Gasteiger partial charge in [-0.05, 0) is 40.1 Å². The number of aromatic nitrogens is 3. The molecule has 4 aromatic heterocycles. The topological polar surface area (TPSA) is 78.1 Å². The Labute approximate surface area is 144 Å². The van der Waals surface area contributed by atoms with Crippen molar-refractivity contribution in [2.75, 3.05) is 6.61 Å². The van der Waals surface area contributed by atoms with Crippen LogP contribution in [0.5, 0.6) is 0 Å². The van der Waals surface area contributed by atoms with Gasteiger partial charge in [0.25, 0.3) is 0 Å². The molecule has 0 amide bonds. The van der Waals surface area contributed by atoms with Crippen molar-refractivity contribution in [2.24, 2.45) is 0 Å². The largest absolute Gasteiger partial charge is 0.461 e. The summed E-state index contributed by atoms with van der Waals surface area (Å²) in [6.45, 7) is 2.03. The fourth-order valence-electron chi connectivity index (χ4n) is 2.43. The highest BCUT2D eigenvalue weighted by Gasteiger charge is 2.26. The van der Waals surface area contributed by atoms with Crippen LogP contribution in [0.4, 0.5) is 0 Å². The van der Waals surface area contributed by atoms with Crippen LogP contribution in [0.1, 0.15) is 17.4 Å². The summed E-state index contributed by atoms with van der Waals surface area (Å²) in [5.41, 5.74) is 2.45. The van der Waals surface area contributed by atoms with Crippen LogP contribution in [-0.4, -0.2) is 27.9 Å². The van der Waals surface area contributed by atoms with Crippen LogP contribution < -0.4 is 0 Å². The zero-order chi connectivity index (χ0) is 16.5. The van der Waals surface area contributed by atoms with Gasteiger partial charge in [0.2, 0.25) is 0 Å². The molecule has 24 heavy (non-hydrogen) atoms. The second-order valence-electron chi connectivity index (χ2n) is 4.82. The van der Waals surface area contributed by atoms with Crippen LogP contribution in [0, 0.1) is 0 Å². The lowest BCUT2D eigenvalue weighted by molar-refractivity contribution is 0.0521. The average molecular weight is 357 g/mol. The summed E-state index contributed by atoms with van der Waals surface area (Å²) in [5.74, 6) is -0.483. The Morgan fingerprint density at radius 3 is 2.50 bits per heavy atom. The molecule has 0 aromatic carbocycles. The third-order valence-corrected chi connectivity index (χ3v) is 5.16. The number of esters is 1. The summed E-state index contributed by atoms with van der Waals surface area (Å²) in [5, 5.41) is 11.9. The first-order chi connectivity index (χ1) is 11.8. The van der Waals surface area contributed by atoms with Gasteiger partial charge < -0.3 is 4.74 Å². The Morgan fingerprint density at radius 1 is 1.12 bits per heavy atom. The Hall–Kier alpha value is -2.58. The van der Waals surface area contributed by atoms with Gasteiger partial charge >= 0.3 is 5.97 Å². The van der Waals surface area contributed by atoms with Gasteiger partial charge in [-0.1, -0.05) is 12.1 Å². The fraction of sp³-hybridized carbons (Fsp3) is 0.125. The van der Waals surface area contributed by atoms with E-state index in [4.69, 9.17) is 9.37 Å². The maximum Gasteiger partial charge on any atom is 0.357 e. The highest BCUT2D eigenvalue weighted by molar-refractivity contribution is 7.14. The van der Waals surface area contributed by atoms with E-state index in [2.05, 4.69) is 15.3 Å². The molecule has 0 aliphatic heterocycles. The van der Waals surface area contributed by atoms with Crippen LogP contribution in [-0.2, 0) is 4.74 Å². The number of nitrogens with zero attached hydrogens (tertiary/aromatic N) is 3. The molecule has 0 unspecified atom stereocenters. The summed E-state index contributed by atoms with van der Waals surface area (Å²) in [6, 6.07) is 7.64. The fourth-order valence-corrected chi connectivity index (χ4v) is 3.91. The number of carbonyl (C=O) groups excluding carboxylic acids is 1. The van der Waals surface area contributed by atoms with Crippen molar-refractivity contribution in [2.45, 2.75) is 6.92 Å². The molecule has 4 aromatic rings. The van der Waals surface area contributed by atoms with Crippen molar-refractivity contribution in [1.29, 1.82) is 0 Å². The van der Waals surface area contributed by atoms with Crippen LogP contribution in [0.2, 0.25) is 0 Å². The number of hydrogen-bond donors (Lipinski definition) is 0. The van der Waals surface area contributed by atoms with Crippen LogP contribution in [0.25, 0.3) is 32.0 Å². The number of rotatable bonds is 4. The first kappa shape index (κ1) is 15.0. The zero-order valence-electron chi connectivity index (χ0n) is 12.6. The van der Waals surface area contributed by atoms with E-state index in [1.54, 1.807) is 6.92 Å². The third-order valence-electron chi connectivity index (χ3n) is 3.40. The number of hydrogen-bond acceptors (Lipinski definition) is 8. The summed E-state index contributed by atoms with van der Waals surface area (Å²) in [6.07, 6.45) is 0. The minimum Gasteiger partial charge on any atom is -0.461 e. The molecular weight excluding hydrogens is 346 g/mol. The van der Waals surface area contributed by atoms with E-state index >= 15 is 0 Å². The van der Waals surface area contributed by atoms with E-state index < -0.39 is 5.97 Å². The molecule has 6 nitrogen and oxygen atoms in total. The molecule has 0 saturated heterocycles. The van der Waals surface area contributed by atoms with Crippen molar-refractivity contribution < 1.29 is 14.2 Å². The highest BCUT2D eigenvalue weighted by atomic mass is 32.1. The molecule has 0 saturated carbocycles. The molecule has 0 radical (unpaired) electrons. The van der Waals surface area contributed by atoms with Crippen molar-refractivity contribution in [3.05, 3.63) is 40.7 Å². The smallest absolute Gasteiger partial charge is 0.357 e. The first-order valence-electron chi connectivity index (χ1n) is 7.20. The summed E-state index contributed by atoms with van der Waals surface area (Å²) < 4.78 is 10.1. The molecular formula is C16H11N3O3S2. The van der Waals surface area contributed by atoms with E-state index in [0.717, 1.165) is 9.75 Å². The van der Waals surface area contributed by atoms with Crippen molar-refractivity contribution in [1.82, 2.24) is 15.3 Å². The van der Waals surface area contributed by atoms with Gasteiger partial charge in [0.05, 0.1) is 17.0 Å². The third kappa shape index (κ3) is 2.40. The minimum absolute atomic E-state index is 0.228. The van der Waals surface area contributed by atoms with Crippen LogP contribution in [0.15, 0.2) is 39.7 Å². The normalized spacial score (nSPS) is 11.0. The summed E-state index contributed by atoms with van der Waals surface area (Å²) in [4.78, 5) is 18.8. The summed E-state index contributed by atoms with van der Waals surface area (Å²) >= 11 is 3.00. The van der Waals surface area contributed by atoms with Gasteiger partial charge in [-0.2, -0.15) is 0 Å². The van der Waals surface area contributed by atoms with Crippen LogP contribution in [0.3, 0.4) is 0 Å². The predicted octanol–water partition coefficient (Wildman–Crippen LogP) is 4.25. The van der Waals surface area contributed by atoms with Gasteiger partial charge in [0.1, 0.15) is 11.2 Å². The van der Waals surface area contributed by atoms with E-state index in [9.17, 15) is 4.79 Å². The molecule has 0 N–H and O–H groups in total. The summed E-state index contributed by atoms with van der Waals surface area (Å²) in [7, 11) is 0. The van der Waals surface area contributed by atoms with Crippen molar-refractivity contribution >= 4 is 39.7 Å². The minimum atomic E-state index is -0.483. The second-order valence-corrected chi connectivity index (χ2v) is 6.72. The lowest BCUT2D eigenvalue weighted by Gasteiger charge is -2.09. The Morgan fingerprint density at radius 2 is 1.83 bits per heavy atom. The Kier molecular flexibility index (Phi) is 3.83. The second kappa shape index (κ2) is 6.14. The predicted molar refractivity (Wildman–Crippen MR) is 92.2 cm³/mol. The van der Waals surface area contributed by atoms with Gasteiger partial charge in [-0.3, -0.25) is 0 Å². The van der Waals surface area contributed by atoms with Gasteiger partial charge in [-0.25, -0.2) is 14.4 Å². The SMILES string of the molecule is CCOC(=O)c1nc(-c2cccs2)c2nonc2c1-c1cccs1. The first-order valence-corrected chi connectivity index (χ1v) is 8.96. The highest BCUT2D eigenvalue weighted by Crippen LogP contribution is 2.38. The van der Waals surface area contributed by atoms with Crippen LogP contribution >= 0.6 is 22.7 Å². The van der Waals surface area contributed by atoms with Gasteiger partial charge in [0, 0.05) is 4.88 Å². The average Bonchev–Trinajstić information content (AvgIpc) is 3.34. The number of fused-ring (bicyclic) bond motifs is 1. The number of ether oxygens (including phenoxy) is 1. The van der Waals surface area contributed by atoms with E-state index in [-0.39, 0.29) is 12.3 Å². The maximum atomic E-state index is 12.5. The number of thiophene rings is 2. The lowest BCUT2D eigenvalue weighted by Crippen LogP contribution is -2.10. The quantitative estimate of drug-likeness (QED) is 0.508. The molecule has 4 heterocycles. The van der Waals surface area contributed by atoms with Gasteiger partial charge in [-0.15, -0.1) is 22.7 Å². The standard InChI is InChI=1S/C16H11N3O3S2/c1-2-21-16(20)14-11(9-5-3-7-23-9)13-15(19-22-18-13)12(17-14)10-6-4-8-24-10/h3-8H,2H2,1H3. The molecule has 0 fully saturated rings. The lowest BCUT2D eigenvalue weighted by atomic mass is 10.1. The zero-order valence-corrected chi connectivity index (χ0v) is 14.2. The molecule has 0 spiro atoms. The van der Waals surface area contributed by atoms with E-state index in [0.29, 0.717) is 22.3 Å². The molecule has 4 rings (SSSR count). The number of pyridine rings is 1. The molecule has 0 aliphatic rings. The molecule has 0 aliphatic carbocycles. The van der Waals surface area contributed by atoms with Crippen molar-refractivity contribution in [3.63, 3.8) is 0 Å². The number of carbonyl (C=O) groups is 1. The van der Waals surface area contributed by atoms with Crippen molar-refractivity contribution in [3.8, 4) is 21.0 Å². The monoisotopic (exact) mass is 357 g/mol. The maximum absolute atomic E-state index is 12.5. The van der Waals surface area contributed by atoms with E-state index in [1.165, 1.54) is 22.7 Å². The Bertz CT molecular complexity index is 991. The molecule has 0 bridgehead atoms. The van der Waals surface area contributed by atoms with Gasteiger partial charge in [0.15, 0.2) is 11.2 Å². The molecule has 0 atom stereocenters. The Balaban J connectivity index is 2.06.